The molecule has 0 aliphatic rings. The first-order valence-electron chi connectivity index (χ1n) is 6.06. The van der Waals surface area contributed by atoms with Crippen LogP contribution in [0.1, 0.15) is 15.9 Å². The average Bonchev–Trinajstić information content (AvgIpc) is 2.44. The van der Waals surface area contributed by atoms with Gasteiger partial charge in [-0.05, 0) is 42.3 Å². The van der Waals surface area contributed by atoms with Gasteiger partial charge in [0.2, 0.25) is 0 Å². The molecule has 2 aromatic rings. The highest BCUT2D eigenvalue weighted by molar-refractivity contribution is 9.10. The fraction of sp³-hybridized carbons (Fsp3) is 0.133. The SMILES string of the molecule is O=C(Nc1ccc(CCO)cc1)c1cc(Br)ccc1F. The third-order valence-electron chi connectivity index (χ3n) is 2.79. The maximum atomic E-state index is 13.6. The zero-order chi connectivity index (χ0) is 14.5. The predicted molar refractivity (Wildman–Crippen MR) is 79.3 cm³/mol. The summed E-state index contributed by atoms with van der Waals surface area (Å²) >= 11 is 3.21. The molecule has 1 amide bonds. The van der Waals surface area contributed by atoms with Crippen molar-refractivity contribution in [3.05, 3.63) is 63.9 Å². The number of carbonyl (C=O) groups excluding carboxylic acids is 1. The fourth-order valence-corrected chi connectivity index (χ4v) is 2.11. The van der Waals surface area contributed by atoms with E-state index in [4.69, 9.17) is 5.11 Å². The Morgan fingerprint density at radius 1 is 1.20 bits per heavy atom. The minimum Gasteiger partial charge on any atom is -0.396 e. The molecule has 0 heterocycles. The normalized spacial score (nSPS) is 10.3. The molecule has 2 aromatic carbocycles. The van der Waals surface area contributed by atoms with Crippen LogP contribution in [0.15, 0.2) is 46.9 Å². The minimum absolute atomic E-state index is 0.0150. The standard InChI is InChI=1S/C15H13BrFNO2/c16-11-3-6-14(17)13(9-11)15(20)18-12-4-1-10(2-5-12)7-8-19/h1-6,9,19H,7-8H2,(H,18,20). The van der Waals surface area contributed by atoms with Crippen molar-refractivity contribution in [2.45, 2.75) is 6.42 Å². The summed E-state index contributed by atoms with van der Waals surface area (Å²) in [4.78, 5) is 12.0. The van der Waals surface area contributed by atoms with Crippen molar-refractivity contribution in [2.75, 3.05) is 11.9 Å². The summed E-state index contributed by atoms with van der Waals surface area (Å²) in [5.41, 5.74) is 1.54. The molecule has 20 heavy (non-hydrogen) atoms. The second-order valence-electron chi connectivity index (χ2n) is 4.25. The zero-order valence-electron chi connectivity index (χ0n) is 10.6. The van der Waals surface area contributed by atoms with E-state index in [1.807, 2.05) is 12.1 Å². The minimum atomic E-state index is -0.567. The van der Waals surface area contributed by atoms with E-state index in [0.717, 1.165) is 5.56 Å². The van der Waals surface area contributed by atoms with Crippen LogP contribution >= 0.6 is 15.9 Å². The Balaban J connectivity index is 2.13. The Morgan fingerprint density at radius 2 is 1.90 bits per heavy atom. The third kappa shape index (κ3) is 3.65. The van der Waals surface area contributed by atoms with E-state index in [9.17, 15) is 9.18 Å². The van der Waals surface area contributed by atoms with Crippen LogP contribution in [0.25, 0.3) is 0 Å². The van der Waals surface area contributed by atoms with Gasteiger partial charge < -0.3 is 10.4 Å². The van der Waals surface area contributed by atoms with Gasteiger partial charge in [-0.1, -0.05) is 28.1 Å². The van der Waals surface area contributed by atoms with Crippen LogP contribution in [0.2, 0.25) is 0 Å². The van der Waals surface area contributed by atoms with Crippen LogP contribution in [0.3, 0.4) is 0 Å². The van der Waals surface area contributed by atoms with Gasteiger partial charge in [-0.3, -0.25) is 4.79 Å². The molecule has 0 fully saturated rings. The number of rotatable bonds is 4. The van der Waals surface area contributed by atoms with E-state index in [0.29, 0.717) is 16.6 Å². The van der Waals surface area contributed by atoms with Crippen molar-refractivity contribution in [1.29, 1.82) is 0 Å². The highest BCUT2D eigenvalue weighted by Crippen LogP contribution is 2.17. The molecule has 5 heteroatoms. The van der Waals surface area contributed by atoms with E-state index in [2.05, 4.69) is 21.2 Å². The van der Waals surface area contributed by atoms with E-state index >= 15 is 0 Å². The molecular formula is C15H13BrFNO2. The predicted octanol–water partition coefficient (Wildman–Crippen LogP) is 3.38. The molecular weight excluding hydrogens is 325 g/mol. The Labute approximate surface area is 124 Å². The molecule has 0 saturated heterocycles. The molecule has 0 aliphatic heterocycles. The molecule has 0 atom stereocenters. The number of hydrogen-bond acceptors (Lipinski definition) is 2. The monoisotopic (exact) mass is 337 g/mol. The summed E-state index contributed by atoms with van der Waals surface area (Å²) in [6.45, 7) is 0.0783. The molecule has 0 unspecified atom stereocenters. The van der Waals surface area contributed by atoms with Crippen molar-refractivity contribution in [3.8, 4) is 0 Å². The Kier molecular flexibility index (Phi) is 4.87. The molecule has 0 aromatic heterocycles. The van der Waals surface area contributed by atoms with Gasteiger partial charge in [0.05, 0.1) is 5.56 Å². The van der Waals surface area contributed by atoms with Gasteiger partial charge in [0.25, 0.3) is 5.91 Å². The quantitative estimate of drug-likeness (QED) is 0.898. The first-order valence-corrected chi connectivity index (χ1v) is 6.85. The van der Waals surface area contributed by atoms with Crippen molar-refractivity contribution < 1.29 is 14.3 Å². The van der Waals surface area contributed by atoms with Crippen molar-refractivity contribution in [3.63, 3.8) is 0 Å². The molecule has 2 N–H and O–H groups in total. The van der Waals surface area contributed by atoms with Gasteiger partial charge in [-0.2, -0.15) is 0 Å². The number of amides is 1. The van der Waals surface area contributed by atoms with E-state index in [1.165, 1.54) is 18.2 Å². The molecule has 3 nitrogen and oxygen atoms in total. The fourth-order valence-electron chi connectivity index (χ4n) is 1.75. The maximum Gasteiger partial charge on any atom is 0.258 e. The maximum absolute atomic E-state index is 13.6. The summed E-state index contributed by atoms with van der Waals surface area (Å²) in [6.07, 6.45) is 0.564. The van der Waals surface area contributed by atoms with Gasteiger partial charge in [-0.15, -0.1) is 0 Å². The summed E-state index contributed by atoms with van der Waals surface area (Å²) in [5.74, 6) is -1.07. The summed E-state index contributed by atoms with van der Waals surface area (Å²) < 4.78 is 14.2. The zero-order valence-corrected chi connectivity index (χ0v) is 12.2. The molecule has 0 radical (unpaired) electrons. The van der Waals surface area contributed by atoms with Crippen LogP contribution in [0.4, 0.5) is 10.1 Å². The molecule has 2 rings (SSSR count). The number of carbonyl (C=O) groups is 1. The number of anilines is 1. The van der Waals surface area contributed by atoms with E-state index < -0.39 is 11.7 Å². The number of aliphatic hydroxyl groups is 1. The van der Waals surface area contributed by atoms with Gasteiger partial charge in [-0.25, -0.2) is 4.39 Å². The largest absolute Gasteiger partial charge is 0.396 e. The summed E-state index contributed by atoms with van der Waals surface area (Å²) in [6, 6.07) is 11.3. The van der Waals surface area contributed by atoms with Gasteiger partial charge >= 0.3 is 0 Å². The van der Waals surface area contributed by atoms with Crippen LogP contribution in [-0.2, 0) is 6.42 Å². The lowest BCUT2D eigenvalue weighted by Crippen LogP contribution is -2.13. The van der Waals surface area contributed by atoms with Crippen molar-refractivity contribution in [1.82, 2.24) is 0 Å². The molecule has 0 aliphatic carbocycles. The smallest absolute Gasteiger partial charge is 0.258 e. The van der Waals surface area contributed by atoms with Crippen LogP contribution in [-0.4, -0.2) is 17.6 Å². The molecule has 0 spiro atoms. The first kappa shape index (κ1) is 14.7. The Hall–Kier alpha value is -1.72. The van der Waals surface area contributed by atoms with Crippen molar-refractivity contribution in [2.24, 2.45) is 0 Å². The van der Waals surface area contributed by atoms with Crippen molar-refractivity contribution >= 4 is 27.5 Å². The summed E-state index contributed by atoms with van der Waals surface area (Å²) in [5, 5.41) is 11.5. The lowest BCUT2D eigenvalue weighted by molar-refractivity contribution is 0.102. The van der Waals surface area contributed by atoms with Crippen LogP contribution < -0.4 is 5.32 Å². The molecule has 0 bridgehead atoms. The molecule has 104 valence electrons. The topological polar surface area (TPSA) is 49.3 Å². The van der Waals surface area contributed by atoms with E-state index in [1.54, 1.807) is 12.1 Å². The average molecular weight is 338 g/mol. The number of benzene rings is 2. The summed E-state index contributed by atoms with van der Waals surface area (Å²) in [7, 11) is 0. The number of aliphatic hydroxyl groups excluding tert-OH is 1. The van der Waals surface area contributed by atoms with Crippen LogP contribution in [0, 0.1) is 5.82 Å². The number of halogens is 2. The lowest BCUT2D eigenvalue weighted by Gasteiger charge is -2.07. The Bertz CT molecular complexity index is 614. The van der Waals surface area contributed by atoms with Gasteiger partial charge in [0.15, 0.2) is 0 Å². The number of nitrogens with one attached hydrogen (secondary N) is 1. The highest BCUT2D eigenvalue weighted by atomic mass is 79.9. The third-order valence-corrected chi connectivity index (χ3v) is 3.28. The van der Waals surface area contributed by atoms with E-state index in [-0.39, 0.29) is 12.2 Å². The molecule has 0 saturated carbocycles. The highest BCUT2D eigenvalue weighted by Gasteiger charge is 2.12. The van der Waals surface area contributed by atoms with Gasteiger partial charge in [0.1, 0.15) is 5.82 Å². The Morgan fingerprint density at radius 3 is 2.55 bits per heavy atom. The second kappa shape index (κ2) is 6.63. The van der Waals surface area contributed by atoms with Crippen LogP contribution in [0.5, 0.6) is 0 Å². The first-order chi connectivity index (χ1) is 9.60. The second-order valence-corrected chi connectivity index (χ2v) is 5.16. The number of hydrogen-bond donors (Lipinski definition) is 2. The van der Waals surface area contributed by atoms with Gasteiger partial charge in [0, 0.05) is 16.8 Å². The lowest BCUT2D eigenvalue weighted by atomic mass is 10.1.